The maximum atomic E-state index is 5.94. The van der Waals surface area contributed by atoms with Crippen LogP contribution in [0.4, 0.5) is 5.82 Å². The van der Waals surface area contributed by atoms with Crippen molar-refractivity contribution in [1.29, 1.82) is 0 Å². The van der Waals surface area contributed by atoms with E-state index in [1.165, 1.54) is 0 Å². The number of nitrogen functional groups attached to an aromatic ring is 1. The Morgan fingerprint density at radius 2 is 2.11 bits per heavy atom. The summed E-state index contributed by atoms with van der Waals surface area (Å²) in [5.74, 6) is 1.09. The Morgan fingerprint density at radius 1 is 1.37 bits per heavy atom. The number of rotatable bonds is 5. The van der Waals surface area contributed by atoms with Gasteiger partial charge in [-0.05, 0) is 6.92 Å². The predicted molar refractivity (Wildman–Crippen MR) is 70.5 cm³/mol. The van der Waals surface area contributed by atoms with Gasteiger partial charge in [-0.25, -0.2) is 9.97 Å². The topological polar surface area (TPSA) is 79.5 Å². The Bertz CT molecular complexity index is 414. The van der Waals surface area contributed by atoms with Crippen molar-refractivity contribution in [3.05, 3.63) is 17.6 Å². The van der Waals surface area contributed by atoms with Gasteiger partial charge in [0.05, 0.1) is 12.3 Å². The van der Waals surface area contributed by atoms with Crippen LogP contribution in [-0.4, -0.2) is 36.9 Å². The molecule has 0 saturated carbocycles. The van der Waals surface area contributed by atoms with E-state index in [-0.39, 0.29) is 0 Å². The standard InChI is InChI=1S/C13H21N3O3/c1-3-19-13(4-6-18-7-5-13)12-15-10(9-17-2)8-11(14)16-12/h8H,3-7,9H2,1-2H3,(H2,14,15,16). The minimum atomic E-state index is -0.481. The average molecular weight is 267 g/mol. The quantitative estimate of drug-likeness (QED) is 0.864. The minimum absolute atomic E-state index is 0.415. The third-order valence-corrected chi connectivity index (χ3v) is 3.22. The zero-order chi connectivity index (χ0) is 13.7. The molecule has 6 nitrogen and oxygen atoms in total. The lowest BCUT2D eigenvalue weighted by Gasteiger charge is -2.35. The summed E-state index contributed by atoms with van der Waals surface area (Å²) in [5, 5.41) is 0. The molecule has 1 aromatic heterocycles. The first-order valence-corrected chi connectivity index (χ1v) is 6.55. The average Bonchev–Trinajstić information content (AvgIpc) is 2.40. The summed E-state index contributed by atoms with van der Waals surface area (Å²) >= 11 is 0. The molecule has 0 aliphatic carbocycles. The second-order valence-electron chi connectivity index (χ2n) is 4.58. The van der Waals surface area contributed by atoms with Crippen LogP contribution < -0.4 is 5.73 Å². The van der Waals surface area contributed by atoms with Gasteiger partial charge in [0.25, 0.3) is 0 Å². The summed E-state index contributed by atoms with van der Waals surface area (Å²) < 4.78 is 16.5. The van der Waals surface area contributed by atoms with E-state index in [0.29, 0.717) is 38.1 Å². The highest BCUT2D eigenvalue weighted by Gasteiger charge is 2.38. The molecule has 0 spiro atoms. The summed E-state index contributed by atoms with van der Waals surface area (Å²) in [6.45, 7) is 4.30. The van der Waals surface area contributed by atoms with Crippen LogP contribution in [0, 0.1) is 0 Å². The molecule has 0 radical (unpaired) electrons. The van der Waals surface area contributed by atoms with Crippen molar-refractivity contribution in [3.63, 3.8) is 0 Å². The van der Waals surface area contributed by atoms with Crippen molar-refractivity contribution in [2.24, 2.45) is 0 Å². The molecule has 1 fully saturated rings. The second-order valence-corrected chi connectivity index (χ2v) is 4.58. The Hall–Kier alpha value is -1.24. The van der Waals surface area contributed by atoms with Crippen molar-refractivity contribution in [2.45, 2.75) is 32.0 Å². The van der Waals surface area contributed by atoms with Crippen molar-refractivity contribution < 1.29 is 14.2 Å². The molecule has 1 aromatic rings. The molecule has 106 valence electrons. The largest absolute Gasteiger partial charge is 0.384 e. The van der Waals surface area contributed by atoms with Crippen LogP contribution in [0.3, 0.4) is 0 Å². The van der Waals surface area contributed by atoms with Crippen molar-refractivity contribution >= 4 is 5.82 Å². The first-order valence-electron chi connectivity index (χ1n) is 6.55. The van der Waals surface area contributed by atoms with E-state index in [4.69, 9.17) is 19.9 Å². The van der Waals surface area contributed by atoms with E-state index in [9.17, 15) is 0 Å². The second kappa shape index (κ2) is 6.27. The van der Waals surface area contributed by atoms with Gasteiger partial charge in [0.15, 0.2) is 5.82 Å². The van der Waals surface area contributed by atoms with Gasteiger partial charge >= 0.3 is 0 Å². The molecule has 0 atom stereocenters. The van der Waals surface area contributed by atoms with Crippen LogP contribution in [0.2, 0.25) is 0 Å². The Morgan fingerprint density at radius 3 is 2.74 bits per heavy atom. The van der Waals surface area contributed by atoms with Crippen LogP contribution in [0.1, 0.15) is 31.3 Å². The van der Waals surface area contributed by atoms with Crippen LogP contribution in [0.5, 0.6) is 0 Å². The lowest BCUT2D eigenvalue weighted by atomic mass is 9.92. The molecule has 1 saturated heterocycles. The summed E-state index contributed by atoms with van der Waals surface area (Å²) in [5.41, 5.74) is 6.15. The van der Waals surface area contributed by atoms with Gasteiger partial charge in [0.2, 0.25) is 0 Å². The third kappa shape index (κ3) is 3.20. The van der Waals surface area contributed by atoms with E-state index < -0.39 is 5.60 Å². The van der Waals surface area contributed by atoms with Gasteiger partial charge in [-0.3, -0.25) is 0 Å². The van der Waals surface area contributed by atoms with Crippen LogP contribution in [0.25, 0.3) is 0 Å². The van der Waals surface area contributed by atoms with E-state index >= 15 is 0 Å². The molecule has 1 aliphatic heterocycles. The molecule has 0 aromatic carbocycles. The monoisotopic (exact) mass is 267 g/mol. The normalized spacial score (nSPS) is 18.4. The van der Waals surface area contributed by atoms with Crippen LogP contribution >= 0.6 is 0 Å². The molecule has 1 aliphatic rings. The molecule has 0 bridgehead atoms. The Kier molecular flexibility index (Phi) is 4.68. The van der Waals surface area contributed by atoms with Gasteiger partial charge < -0.3 is 19.9 Å². The number of ether oxygens (including phenoxy) is 3. The smallest absolute Gasteiger partial charge is 0.163 e. The van der Waals surface area contributed by atoms with Gasteiger partial charge in [-0.1, -0.05) is 0 Å². The first kappa shape index (κ1) is 14.2. The van der Waals surface area contributed by atoms with Gasteiger partial charge in [-0.2, -0.15) is 0 Å². The number of hydrogen-bond donors (Lipinski definition) is 1. The highest BCUT2D eigenvalue weighted by atomic mass is 16.5. The number of hydrogen-bond acceptors (Lipinski definition) is 6. The Balaban J connectivity index is 2.34. The van der Waals surface area contributed by atoms with E-state index in [1.54, 1.807) is 13.2 Å². The summed E-state index contributed by atoms with van der Waals surface area (Å²) in [6.07, 6.45) is 1.49. The van der Waals surface area contributed by atoms with Gasteiger partial charge in [0, 0.05) is 45.8 Å². The number of nitrogens with two attached hydrogens (primary N) is 1. The number of nitrogens with zero attached hydrogens (tertiary/aromatic N) is 2. The fraction of sp³-hybridized carbons (Fsp3) is 0.692. The fourth-order valence-electron chi connectivity index (χ4n) is 2.35. The molecule has 2 heterocycles. The van der Waals surface area contributed by atoms with Crippen molar-refractivity contribution in [1.82, 2.24) is 9.97 Å². The number of aromatic nitrogens is 2. The van der Waals surface area contributed by atoms with Crippen molar-refractivity contribution in [2.75, 3.05) is 32.7 Å². The highest BCUT2D eigenvalue weighted by molar-refractivity contribution is 5.31. The number of anilines is 1. The van der Waals surface area contributed by atoms with Gasteiger partial charge in [0.1, 0.15) is 11.4 Å². The van der Waals surface area contributed by atoms with Gasteiger partial charge in [-0.15, -0.1) is 0 Å². The molecule has 0 amide bonds. The predicted octanol–water partition coefficient (Wildman–Crippen LogP) is 1.25. The van der Waals surface area contributed by atoms with E-state index in [1.807, 2.05) is 6.92 Å². The minimum Gasteiger partial charge on any atom is -0.384 e. The third-order valence-electron chi connectivity index (χ3n) is 3.22. The fourth-order valence-corrected chi connectivity index (χ4v) is 2.35. The lowest BCUT2D eigenvalue weighted by molar-refractivity contribution is -0.117. The summed E-state index contributed by atoms with van der Waals surface area (Å²) in [6, 6.07) is 1.73. The maximum absolute atomic E-state index is 5.94. The van der Waals surface area contributed by atoms with E-state index in [0.717, 1.165) is 18.5 Å². The molecule has 6 heteroatoms. The summed E-state index contributed by atoms with van der Waals surface area (Å²) in [4.78, 5) is 8.90. The molecule has 2 N–H and O–H groups in total. The van der Waals surface area contributed by atoms with Crippen LogP contribution in [-0.2, 0) is 26.4 Å². The summed E-state index contributed by atoms with van der Waals surface area (Å²) in [7, 11) is 1.63. The van der Waals surface area contributed by atoms with E-state index in [2.05, 4.69) is 9.97 Å². The zero-order valence-corrected chi connectivity index (χ0v) is 11.5. The maximum Gasteiger partial charge on any atom is 0.163 e. The molecular formula is C13H21N3O3. The number of methoxy groups -OCH3 is 1. The molecule has 19 heavy (non-hydrogen) atoms. The lowest BCUT2D eigenvalue weighted by Crippen LogP contribution is -2.38. The molecule has 2 rings (SSSR count). The highest BCUT2D eigenvalue weighted by Crippen LogP contribution is 2.34. The Labute approximate surface area is 113 Å². The molecular weight excluding hydrogens is 246 g/mol. The molecule has 0 unspecified atom stereocenters. The SMILES string of the molecule is CCOC1(c2nc(N)cc(COC)n2)CCOCC1. The van der Waals surface area contributed by atoms with Crippen molar-refractivity contribution in [3.8, 4) is 0 Å². The zero-order valence-electron chi connectivity index (χ0n) is 11.5. The van der Waals surface area contributed by atoms with Crippen LogP contribution in [0.15, 0.2) is 6.07 Å². The first-order chi connectivity index (χ1) is 9.20.